The highest BCUT2D eigenvalue weighted by molar-refractivity contribution is 7.90. The Kier molecular flexibility index (Phi) is 3.12. The summed E-state index contributed by atoms with van der Waals surface area (Å²) in [5.74, 6) is 0.0432. The average molecular weight is 285 g/mol. The molecule has 1 aliphatic carbocycles. The van der Waals surface area contributed by atoms with E-state index in [1.54, 1.807) is 0 Å². The van der Waals surface area contributed by atoms with Gasteiger partial charge >= 0.3 is 0 Å². The molecule has 0 N–H and O–H groups in total. The lowest BCUT2D eigenvalue weighted by Gasteiger charge is -2.43. The number of nitrogens with zero attached hydrogens (tertiary/aromatic N) is 1. The lowest BCUT2D eigenvalue weighted by atomic mass is 9.62. The van der Waals surface area contributed by atoms with Crippen LogP contribution in [0.3, 0.4) is 0 Å². The zero-order valence-electron chi connectivity index (χ0n) is 12.1. The Balaban J connectivity index is 2.54. The SMILES string of the molecule is C=CC(=O)N1C(C)C2(CCC(C)C2(C)C)CS1(=O)=O. The molecule has 2 aliphatic rings. The van der Waals surface area contributed by atoms with Crippen molar-refractivity contribution in [1.29, 1.82) is 0 Å². The smallest absolute Gasteiger partial charge is 0.259 e. The molecule has 3 unspecified atom stereocenters. The van der Waals surface area contributed by atoms with E-state index in [0.29, 0.717) is 5.92 Å². The van der Waals surface area contributed by atoms with Crippen LogP contribution >= 0.6 is 0 Å². The van der Waals surface area contributed by atoms with E-state index in [-0.39, 0.29) is 22.6 Å². The molecule has 1 heterocycles. The zero-order chi connectivity index (χ0) is 14.6. The van der Waals surface area contributed by atoms with Crippen LogP contribution in [0.25, 0.3) is 0 Å². The van der Waals surface area contributed by atoms with E-state index >= 15 is 0 Å². The lowest BCUT2D eigenvalue weighted by molar-refractivity contribution is -0.124. The number of rotatable bonds is 1. The Labute approximate surface area is 115 Å². The maximum absolute atomic E-state index is 12.4. The second kappa shape index (κ2) is 4.08. The average Bonchev–Trinajstić information content (AvgIpc) is 2.65. The molecule has 0 radical (unpaired) electrons. The first-order valence-electron chi connectivity index (χ1n) is 6.78. The van der Waals surface area contributed by atoms with Gasteiger partial charge in [0.25, 0.3) is 5.91 Å². The fourth-order valence-corrected chi connectivity index (χ4v) is 6.63. The predicted molar refractivity (Wildman–Crippen MR) is 74.9 cm³/mol. The maximum atomic E-state index is 12.4. The molecule has 0 bridgehead atoms. The van der Waals surface area contributed by atoms with Crippen LogP contribution in [0.1, 0.15) is 40.5 Å². The summed E-state index contributed by atoms with van der Waals surface area (Å²) in [4.78, 5) is 11.9. The minimum atomic E-state index is -3.52. The van der Waals surface area contributed by atoms with E-state index in [9.17, 15) is 13.2 Å². The van der Waals surface area contributed by atoms with Crippen LogP contribution in [-0.2, 0) is 14.8 Å². The van der Waals surface area contributed by atoms with Crippen molar-refractivity contribution in [2.45, 2.75) is 46.6 Å². The Hall–Kier alpha value is -0.840. The van der Waals surface area contributed by atoms with Gasteiger partial charge in [-0.3, -0.25) is 4.79 Å². The fourth-order valence-electron chi connectivity index (χ4n) is 4.05. The van der Waals surface area contributed by atoms with Gasteiger partial charge in [-0.2, -0.15) is 0 Å². The van der Waals surface area contributed by atoms with E-state index in [4.69, 9.17) is 0 Å². The van der Waals surface area contributed by atoms with Crippen molar-refractivity contribution in [3.63, 3.8) is 0 Å². The van der Waals surface area contributed by atoms with Gasteiger partial charge in [0.05, 0.1) is 11.8 Å². The molecular weight excluding hydrogens is 262 g/mol. The molecule has 19 heavy (non-hydrogen) atoms. The summed E-state index contributed by atoms with van der Waals surface area (Å²) in [7, 11) is -3.52. The van der Waals surface area contributed by atoms with Crippen LogP contribution in [0.4, 0.5) is 0 Å². The van der Waals surface area contributed by atoms with Crippen LogP contribution < -0.4 is 0 Å². The zero-order valence-corrected chi connectivity index (χ0v) is 13.0. The first-order valence-corrected chi connectivity index (χ1v) is 8.39. The highest BCUT2D eigenvalue weighted by Gasteiger charge is 2.64. The third-order valence-corrected chi connectivity index (χ3v) is 7.80. The van der Waals surface area contributed by atoms with Gasteiger partial charge in [0.15, 0.2) is 0 Å². The van der Waals surface area contributed by atoms with Gasteiger partial charge in [0.1, 0.15) is 0 Å². The summed E-state index contributed by atoms with van der Waals surface area (Å²) < 4.78 is 25.8. The van der Waals surface area contributed by atoms with Gasteiger partial charge in [-0.25, -0.2) is 12.7 Å². The van der Waals surface area contributed by atoms with Crippen LogP contribution in [0.5, 0.6) is 0 Å². The van der Waals surface area contributed by atoms with Crippen LogP contribution in [0, 0.1) is 16.7 Å². The van der Waals surface area contributed by atoms with Crippen molar-refractivity contribution in [2.75, 3.05) is 5.75 Å². The van der Waals surface area contributed by atoms with Gasteiger partial charge in [-0.1, -0.05) is 27.4 Å². The van der Waals surface area contributed by atoms with E-state index in [1.807, 2.05) is 6.92 Å². The molecule has 2 fully saturated rings. The van der Waals surface area contributed by atoms with Crippen LogP contribution in [0.15, 0.2) is 12.7 Å². The largest absolute Gasteiger partial charge is 0.269 e. The van der Waals surface area contributed by atoms with Gasteiger partial charge in [0.2, 0.25) is 10.0 Å². The summed E-state index contributed by atoms with van der Waals surface area (Å²) in [6.07, 6.45) is 2.98. The maximum Gasteiger partial charge on any atom is 0.259 e. The first-order chi connectivity index (χ1) is 8.60. The van der Waals surface area contributed by atoms with E-state index in [2.05, 4.69) is 27.4 Å². The topological polar surface area (TPSA) is 54.5 Å². The molecule has 4 nitrogen and oxygen atoms in total. The Bertz CT molecular complexity index is 523. The first kappa shape index (κ1) is 14.6. The summed E-state index contributed by atoms with van der Waals surface area (Å²) in [5, 5.41) is 0. The molecule has 108 valence electrons. The second-order valence-electron chi connectivity index (χ2n) is 6.59. The number of carbonyl (C=O) groups is 1. The van der Waals surface area contributed by atoms with Crippen molar-refractivity contribution in [3.8, 4) is 0 Å². The highest BCUT2D eigenvalue weighted by Crippen LogP contribution is 2.62. The van der Waals surface area contributed by atoms with Gasteiger partial charge in [0, 0.05) is 5.41 Å². The summed E-state index contributed by atoms with van der Waals surface area (Å²) >= 11 is 0. The molecule has 1 spiro atoms. The molecule has 1 saturated carbocycles. The van der Waals surface area contributed by atoms with Crippen molar-refractivity contribution in [2.24, 2.45) is 16.7 Å². The number of carbonyl (C=O) groups excluding carboxylic acids is 1. The van der Waals surface area contributed by atoms with Gasteiger partial charge < -0.3 is 0 Å². The van der Waals surface area contributed by atoms with Gasteiger partial charge in [-0.05, 0) is 37.2 Å². The molecule has 0 aromatic rings. The third-order valence-electron chi connectivity index (χ3n) is 5.82. The Morgan fingerprint density at radius 3 is 2.37 bits per heavy atom. The van der Waals surface area contributed by atoms with Crippen molar-refractivity contribution in [1.82, 2.24) is 4.31 Å². The monoisotopic (exact) mass is 285 g/mol. The number of hydrogen-bond donors (Lipinski definition) is 0. The van der Waals surface area contributed by atoms with Crippen LogP contribution in [-0.4, -0.2) is 30.4 Å². The molecule has 2 rings (SSSR count). The van der Waals surface area contributed by atoms with Crippen molar-refractivity contribution >= 4 is 15.9 Å². The minimum absolute atomic E-state index is 0.0814. The normalized spacial score (nSPS) is 39.7. The lowest BCUT2D eigenvalue weighted by Crippen LogP contribution is -2.47. The number of sulfonamides is 1. The minimum Gasteiger partial charge on any atom is -0.269 e. The molecule has 0 aromatic heterocycles. The van der Waals surface area contributed by atoms with Crippen molar-refractivity contribution in [3.05, 3.63) is 12.7 Å². The van der Waals surface area contributed by atoms with E-state index in [1.165, 1.54) is 0 Å². The molecular formula is C14H23NO3S. The summed E-state index contributed by atoms with van der Waals surface area (Å²) in [5.41, 5.74) is -0.417. The Morgan fingerprint density at radius 1 is 1.37 bits per heavy atom. The summed E-state index contributed by atoms with van der Waals surface area (Å²) in [6.45, 7) is 11.7. The van der Waals surface area contributed by atoms with Crippen molar-refractivity contribution < 1.29 is 13.2 Å². The highest BCUT2D eigenvalue weighted by atomic mass is 32.2. The molecule has 1 aliphatic heterocycles. The van der Waals surface area contributed by atoms with E-state index < -0.39 is 15.9 Å². The second-order valence-corrected chi connectivity index (χ2v) is 8.43. The fraction of sp³-hybridized carbons (Fsp3) is 0.786. The number of amides is 1. The standard InChI is InChI=1S/C14H23NO3S/c1-6-12(16)15-11(3)14(9-19(15,17)18)8-7-10(2)13(14,4)5/h6,10-11H,1,7-9H2,2-5H3. The predicted octanol–water partition coefficient (Wildman–Crippen LogP) is 2.18. The quantitative estimate of drug-likeness (QED) is 0.694. The Morgan fingerprint density at radius 2 is 1.95 bits per heavy atom. The summed E-state index contributed by atoms with van der Waals surface area (Å²) in [6, 6.07) is -0.289. The molecule has 0 aromatic carbocycles. The molecule has 1 amide bonds. The molecule has 3 atom stereocenters. The molecule has 5 heteroatoms. The molecule has 1 saturated heterocycles. The van der Waals surface area contributed by atoms with Gasteiger partial charge in [-0.15, -0.1) is 0 Å². The number of hydrogen-bond acceptors (Lipinski definition) is 3. The third kappa shape index (κ3) is 1.70. The van der Waals surface area contributed by atoms with E-state index in [0.717, 1.165) is 23.2 Å². The van der Waals surface area contributed by atoms with Crippen LogP contribution in [0.2, 0.25) is 0 Å².